The summed E-state index contributed by atoms with van der Waals surface area (Å²) in [6.07, 6.45) is 1.75. The highest BCUT2D eigenvalue weighted by Gasteiger charge is 2.08. The Morgan fingerprint density at radius 1 is 1.00 bits per heavy atom. The van der Waals surface area contributed by atoms with Crippen LogP contribution < -0.4 is 10.5 Å². The number of aryl methyl sites for hydroxylation is 2. The molecule has 2 nitrogen and oxygen atoms in total. The number of ether oxygens (including phenoxy) is 1. The van der Waals surface area contributed by atoms with Crippen LogP contribution in [0.3, 0.4) is 0 Å². The third-order valence-corrected chi connectivity index (χ3v) is 4.11. The summed E-state index contributed by atoms with van der Waals surface area (Å²) in [5.74, 6) is 0.849. The molecule has 0 saturated carbocycles. The molecule has 2 rings (SSSR count). The Morgan fingerprint density at radius 3 is 2.19 bits per heavy atom. The molecule has 3 heteroatoms. The highest BCUT2D eigenvalue weighted by atomic mass is 79.9. The molecule has 1 atom stereocenters. The molecule has 2 aromatic carbocycles. The summed E-state index contributed by atoms with van der Waals surface area (Å²) in [6.45, 7) is 4.26. The smallest absolute Gasteiger partial charge is 0.133 e. The maximum atomic E-state index is 6.31. The van der Waals surface area contributed by atoms with Crippen LogP contribution in [0.2, 0.25) is 0 Å². The first kappa shape index (κ1) is 16.1. The van der Waals surface area contributed by atoms with Gasteiger partial charge in [-0.3, -0.25) is 0 Å². The van der Waals surface area contributed by atoms with E-state index in [0.717, 1.165) is 23.1 Å². The van der Waals surface area contributed by atoms with Gasteiger partial charge in [0.25, 0.3) is 0 Å². The number of methoxy groups -OCH3 is 1. The molecule has 0 heterocycles. The molecule has 0 radical (unpaired) electrons. The van der Waals surface area contributed by atoms with E-state index in [0.29, 0.717) is 0 Å². The Labute approximate surface area is 135 Å². The Bertz CT molecular complexity index is 604. The van der Waals surface area contributed by atoms with Crippen LogP contribution in [-0.4, -0.2) is 13.2 Å². The van der Waals surface area contributed by atoms with Gasteiger partial charge in [-0.2, -0.15) is 0 Å². The summed E-state index contributed by atoms with van der Waals surface area (Å²) < 4.78 is 6.22. The minimum Gasteiger partial charge on any atom is -0.496 e. The Hall–Kier alpha value is -1.32. The van der Waals surface area contributed by atoms with Gasteiger partial charge >= 0.3 is 0 Å². The van der Waals surface area contributed by atoms with E-state index in [-0.39, 0.29) is 6.04 Å². The Kier molecular flexibility index (Phi) is 5.43. The summed E-state index contributed by atoms with van der Waals surface area (Å²) in [7, 11) is 1.67. The molecule has 0 amide bonds. The van der Waals surface area contributed by atoms with Crippen LogP contribution in [0.5, 0.6) is 5.75 Å². The lowest BCUT2D eigenvalue weighted by atomic mass is 9.97. The van der Waals surface area contributed by atoms with Gasteiger partial charge in [-0.25, -0.2) is 0 Å². The third kappa shape index (κ3) is 4.58. The fourth-order valence-electron chi connectivity index (χ4n) is 2.70. The molecule has 112 valence electrons. The molecule has 0 bridgehead atoms. The SMILES string of the molecule is COc1ccc(CC(N)Cc2cc(C)cc(C)c2)cc1Br. The normalized spacial score (nSPS) is 12.2. The van der Waals surface area contributed by atoms with Crippen molar-refractivity contribution in [3.8, 4) is 5.75 Å². The predicted molar refractivity (Wildman–Crippen MR) is 92.0 cm³/mol. The van der Waals surface area contributed by atoms with E-state index in [4.69, 9.17) is 10.5 Å². The van der Waals surface area contributed by atoms with E-state index in [1.165, 1.54) is 22.3 Å². The van der Waals surface area contributed by atoms with Crippen molar-refractivity contribution in [2.45, 2.75) is 32.7 Å². The summed E-state index contributed by atoms with van der Waals surface area (Å²) in [4.78, 5) is 0. The minimum absolute atomic E-state index is 0.117. The first-order valence-electron chi connectivity index (χ1n) is 7.13. The fourth-order valence-corrected chi connectivity index (χ4v) is 3.29. The van der Waals surface area contributed by atoms with Crippen molar-refractivity contribution in [3.05, 3.63) is 63.1 Å². The monoisotopic (exact) mass is 347 g/mol. The van der Waals surface area contributed by atoms with Crippen molar-refractivity contribution >= 4 is 15.9 Å². The number of rotatable bonds is 5. The molecule has 0 aliphatic carbocycles. The molecular weight excluding hydrogens is 326 g/mol. The molecule has 0 saturated heterocycles. The molecule has 0 aliphatic heterocycles. The van der Waals surface area contributed by atoms with Gasteiger partial charge < -0.3 is 10.5 Å². The van der Waals surface area contributed by atoms with Crippen molar-refractivity contribution in [2.75, 3.05) is 7.11 Å². The van der Waals surface area contributed by atoms with E-state index in [9.17, 15) is 0 Å². The summed E-state index contributed by atoms with van der Waals surface area (Å²) in [5.41, 5.74) is 11.4. The summed E-state index contributed by atoms with van der Waals surface area (Å²) in [6, 6.07) is 12.9. The van der Waals surface area contributed by atoms with Crippen LogP contribution in [-0.2, 0) is 12.8 Å². The Morgan fingerprint density at radius 2 is 1.62 bits per heavy atom. The van der Waals surface area contributed by atoms with Gasteiger partial charge in [-0.05, 0) is 65.9 Å². The first-order chi connectivity index (χ1) is 9.97. The van der Waals surface area contributed by atoms with E-state index in [2.05, 4.69) is 60.1 Å². The van der Waals surface area contributed by atoms with Gasteiger partial charge in [0.05, 0.1) is 11.6 Å². The molecule has 21 heavy (non-hydrogen) atoms. The van der Waals surface area contributed by atoms with E-state index in [1.54, 1.807) is 7.11 Å². The topological polar surface area (TPSA) is 35.2 Å². The van der Waals surface area contributed by atoms with Crippen LogP contribution in [0, 0.1) is 13.8 Å². The van der Waals surface area contributed by atoms with Gasteiger partial charge in [0.2, 0.25) is 0 Å². The zero-order valence-corrected chi connectivity index (χ0v) is 14.4. The lowest BCUT2D eigenvalue weighted by Gasteiger charge is -2.14. The van der Waals surface area contributed by atoms with E-state index < -0.39 is 0 Å². The molecule has 2 N–H and O–H groups in total. The zero-order chi connectivity index (χ0) is 15.4. The van der Waals surface area contributed by atoms with Gasteiger partial charge in [0.15, 0.2) is 0 Å². The van der Waals surface area contributed by atoms with E-state index >= 15 is 0 Å². The van der Waals surface area contributed by atoms with Crippen molar-refractivity contribution in [3.63, 3.8) is 0 Å². The average Bonchev–Trinajstić information content (AvgIpc) is 2.37. The summed E-state index contributed by atoms with van der Waals surface area (Å²) in [5, 5.41) is 0. The van der Waals surface area contributed by atoms with Crippen LogP contribution in [0.15, 0.2) is 40.9 Å². The lowest BCUT2D eigenvalue weighted by Crippen LogP contribution is -2.25. The highest BCUT2D eigenvalue weighted by Crippen LogP contribution is 2.26. The van der Waals surface area contributed by atoms with Crippen molar-refractivity contribution in [1.29, 1.82) is 0 Å². The molecule has 0 fully saturated rings. The van der Waals surface area contributed by atoms with E-state index in [1.807, 2.05) is 6.07 Å². The number of hydrogen-bond acceptors (Lipinski definition) is 2. The maximum Gasteiger partial charge on any atom is 0.133 e. The molecule has 0 aliphatic rings. The van der Waals surface area contributed by atoms with Gasteiger partial charge in [-0.1, -0.05) is 35.4 Å². The second-order valence-electron chi connectivity index (χ2n) is 5.63. The molecule has 0 spiro atoms. The van der Waals surface area contributed by atoms with Crippen LogP contribution >= 0.6 is 15.9 Å². The predicted octanol–water partition coefficient (Wildman–Crippen LogP) is 4.19. The first-order valence-corrected chi connectivity index (χ1v) is 7.92. The number of benzene rings is 2. The summed E-state index contributed by atoms with van der Waals surface area (Å²) >= 11 is 3.52. The molecule has 0 aromatic heterocycles. The Balaban J connectivity index is 2.04. The average molecular weight is 348 g/mol. The largest absolute Gasteiger partial charge is 0.496 e. The molecular formula is C18H22BrNO. The number of hydrogen-bond donors (Lipinski definition) is 1. The van der Waals surface area contributed by atoms with Crippen LogP contribution in [0.1, 0.15) is 22.3 Å². The van der Waals surface area contributed by atoms with Gasteiger partial charge in [-0.15, -0.1) is 0 Å². The van der Waals surface area contributed by atoms with Gasteiger partial charge in [0, 0.05) is 6.04 Å². The van der Waals surface area contributed by atoms with Crippen molar-refractivity contribution < 1.29 is 4.74 Å². The van der Waals surface area contributed by atoms with Gasteiger partial charge in [0.1, 0.15) is 5.75 Å². The number of halogens is 1. The fraction of sp³-hybridized carbons (Fsp3) is 0.333. The van der Waals surface area contributed by atoms with Crippen LogP contribution in [0.25, 0.3) is 0 Å². The second-order valence-corrected chi connectivity index (χ2v) is 6.49. The quantitative estimate of drug-likeness (QED) is 0.880. The van der Waals surface area contributed by atoms with Crippen molar-refractivity contribution in [1.82, 2.24) is 0 Å². The minimum atomic E-state index is 0.117. The third-order valence-electron chi connectivity index (χ3n) is 3.49. The highest BCUT2D eigenvalue weighted by molar-refractivity contribution is 9.10. The lowest BCUT2D eigenvalue weighted by molar-refractivity contribution is 0.412. The zero-order valence-electron chi connectivity index (χ0n) is 12.8. The molecule has 2 aromatic rings. The van der Waals surface area contributed by atoms with Crippen molar-refractivity contribution in [2.24, 2.45) is 5.73 Å². The van der Waals surface area contributed by atoms with Crippen LogP contribution in [0.4, 0.5) is 0 Å². The number of nitrogens with two attached hydrogens (primary N) is 1. The second kappa shape index (κ2) is 7.10. The standard InChI is InChI=1S/C18H22BrNO/c1-12-6-13(2)8-15(7-12)10-16(20)9-14-4-5-18(21-3)17(19)11-14/h4-8,11,16H,9-10,20H2,1-3H3. The molecule has 1 unspecified atom stereocenters. The maximum absolute atomic E-state index is 6.31.